The van der Waals surface area contributed by atoms with Crippen LogP contribution in [-0.4, -0.2) is 43.7 Å². The minimum Gasteiger partial charge on any atom is -0.381 e. The standard InChI is InChI=1S/C17H22N2O2/c1-13-5-6-16(14(12-13)4-3-9-18)17(20)19(2)15-7-10-21-11-8-15/h5-6,12,15H,7-11,18H2,1-2H3. The summed E-state index contributed by atoms with van der Waals surface area (Å²) in [5, 5.41) is 0. The molecular weight excluding hydrogens is 264 g/mol. The molecule has 2 rings (SSSR count). The Morgan fingerprint density at radius 2 is 2.14 bits per heavy atom. The van der Waals surface area contributed by atoms with Gasteiger partial charge in [-0.1, -0.05) is 17.9 Å². The van der Waals surface area contributed by atoms with Crippen LogP contribution < -0.4 is 5.73 Å². The number of rotatable bonds is 2. The zero-order valence-electron chi connectivity index (χ0n) is 12.7. The van der Waals surface area contributed by atoms with Gasteiger partial charge in [0.2, 0.25) is 0 Å². The van der Waals surface area contributed by atoms with Crippen molar-refractivity contribution in [2.75, 3.05) is 26.8 Å². The molecule has 1 saturated heterocycles. The van der Waals surface area contributed by atoms with E-state index in [1.54, 1.807) is 0 Å². The summed E-state index contributed by atoms with van der Waals surface area (Å²) in [6, 6.07) is 5.98. The summed E-state index contributed by atoms with van der Waals surface area (Å²) in [7, 11) is 1.86. The molecule has 0 bridgehead atoms. The zero-order valence-corrected chi connectivity index (χ0v) is 12.7. The molecule has 1 aromatic carbocycles. The van der Waals surface area contributed by atoms with Gasteiger partial charge >= 0.3 is 0 Å². The fourth-order valence-corrected chi connectivity index (χ4v) is 2.52. The number of hydrogen-bond acceptors (Lipinski definition) is 3. The number of aryl methyl sites for hydroxylation is 1. The second kappa shape index (κ2) is 7.26. The van der Waals surface area contributed by atoms with Gasteiger partial charge in [0.05, 0.1) is 12.1 Å². The second-order valence-corrected chi connectivity index (χ2v) is 5.31. The third kappa shape index (κ3) is 3.84. The van der Waals surface area contributed by atoms with Crippen LogP contribution in [0.5, 0.6) is 0 Å². The van der Waals surface area contributed by atoms with E-state index in [9.17, 15) is 4.79 Å². The average molecular weight is 286 g/mol. The Labute approximate surface area is 126 Å². The second-order valence-electron chi connectivity index (χ2n) is 5.31. The third-order valence-corrected chi connectivity index (χ3v) is 3.79. The molecule has 21 heavy (non-hydrogen) atoms. The van der Waals surface area contributed by atoms with Crippen LogP contribution in [0.15, 0.2) is 18.2 Å². The number of benzene rings is 1. The van der Waals surface area contributed by atoms with Gasteiger partial charge in [-0.2, -0.15) is 0 Å². The average Bonchev–Trinajstić information content (AvgIpc) is 2.52. The van der Waals surface area contributed by atoms with Crippen LogP contribution >= 0.6 is 0 Å². The highest BCUT2D eigenvalue weighted by atomic mass is 16.5. The molecule has 0 aliphatic carbocycles. The highest BCUT2D eigenvalue weighted by Crippen LogP contribution is 2.18. The molecule has 0 saturated carbocycles. The van der Waals surface area contributed by atoms with Gasteiger partial charge in [-0.25, -0.2) is 0 Å². The lowest BCUT2D eigenvalue weighted by molar-refractivity contribution is 0.0362. The summed E-state index contributed by atoms with van der Waals surface area (Å²) in [6.45, 7) is 3.72. The molecule has 0 spiro atoms. The number of nitrogens with zero attached hydrogens (tertiary/aromatic N) is 1. The van der Waals surface area contributed by atoms with Crippen LogP contribution in [-0.2, 0) is 4.74 Å². The van der Waals surface area contributed by atoms with Gasteiger partial charge in [0, 0.05) is 31.9 Å². The van der Waals surface area contributed by atoms with E-state index in [-0.39, 0.29) is 18.5 Å². The highest BCUT2D eigenvalue weighted by Gasteiger charge is 2.24. The molecule has 0 aromatic heterocycles. The lowest BCUT2D eigenvalue weighted by Gasteiger charge is -2.31. The van der Waals surface area contributed by atoms with Gasteiger partial charge in [0.1, 0.15) is 0 Å². The van der Waals surface area contributed by atoms with Crippen molar-refractivity contribution in [2.45, 2.75) is 25.8 Å². The smallest absolute Gasteiger partial charge is 0.255 e. The molecule has 1 aliphatic heterocycles. The lowest BCUT2D eigenvalue weighted by Crippen LogP contribution is -2.40. The van der Waals surface area contributed by atoms with Crippen LogP contribution in [0.4, 0.5) is 0 Å². The summed E-state index contributed by atoms with van der Waals surface area (Å²) < 4.78 is 5.35. The van der Waals surface area contributed by atoms with E-state index in [1.165, 1.54) is 0 Å². The molecule has 1 fully saturated rings. The molecule has 0 unspecified atom stereocenters. The Hall–Kier alpha value is -1.83. The minimum atomic E-state index is 0.0169. The first-order chi connectivity index (χ1) is 10.1. The highest BCUT2D eigenvalue weighted by molar-refractivity contribution is 5.97. The largest absolute Gasteiger partial charge is 0.381 e. The molecule has 112 valence electrons. The van der Waals surface area contributed by atoms with Gasteiger partial charge in [0.15, 0.2) is 0 Å². The summed E-state index contributed by atoms with van der Waals surface area (Å²) in [6.07, 6.45) is 1.77. The van der Waals surface area contributed by atoms with Crippen molar-refractivity contribution in [1.82, 2.24) is 4.90 Å². The summed E-state index contributed by atoms with van der Waals surface area (Å²) in [5.41, 5.74) is 7.92. The Bertz CT molecular complexity index is 566. The molecule has 0 radical (unpaired) electrons. The monoisotopic (exact) mass is 286 g/mol. The summed E-state index contributed by atoms with van der Waals surface area (Å²) in [4.78, 5) is 14.5. The fraction of sp³-hybridized carbons (Fsp3) is 0.471. The van der Waals surface area contributed by atoms with Gasteiger partial charge in [-0.3, -0.25) is 4.79 Å². The summed E-state index contributed by atoms with van der Waals surface area (Å²) >= 11 is 0. The van der Waals surface area contributed by atoms with E-state index in [1.807, 2.05) is 37.1 Å². The third-order valence-electron chi connectivity index (χ3n) is 3.79. The van der Waals surface area contributed by atoms with Crippen molar-refractivity contribution < 1.29 is 9.53 Å². The Morgan fingerprint density at radius 3 is 2.81 bits per heavy atom. The van der Waals surface area contributed by atoms with Crippen LogP contribution in [0.3, 0.4) is 0 Å². The molecule has 4 heteroatoms. The molecule has 1 amide bonds. The van der Waals surface area contributed by atoms with E-state index in [0.717, 1.165) is 37.2 Å². The van der Waals surface area contributed by atoms with Gasteiger partial charge in [-0.05, 0) is 37.5 Å². The molecular formula is C17H22N2O2. The van der Waals surface area contributed by atoms with Crippen molar-refractivity contribution in [2.24, 2.45) is 5.73 Å². The number of carbonyl (C=O) groups is 1. The molecule has 4 nitrogen and oxygen atoms in total. The van der Waals surface area contributed by atoms with Crippen molar-refractivity contribution >= 4 is 5.91 Å². The maximum absolute atomic E-state index is 12.7. The first-order valence-electron chi connectivity index (χ1n) is 7.28. The van der Waals surface area contributed by atoms with E-state index < -0.39 is 0 Å². The Kier molecular flexibility index (Phi) is 5.38. The number of nitrogens with two attached hydrogens (primary N) is 1. The number of amides is 1. The van der Waals surface area contributed by atoms with Crippen LogP contribution in [0, 0.1) is 18.8 Å². The molecule has 1 heterocycles. The summed E-state index contributed by atoms with van der Waals surface area (Å²) in [5.74, 6) is 5.85. The Balaban J connectivity index is 2.25. The molecule has 2 N–H and O–H groups in total. The molecule has 1 aliphatic rings. The quantitative estimate of drug-likeness (QED) is 0.839. The SMILES string of the molecule is Cc1ccc(C(=O)N(C)C2CCOCC2)c(C#CCN)c1. The Morgan fingerprint density at radius 1 is 1.43 bits per heavy atom. The predicted octanol–water partition coefficient (Wildman–Crippen LogP) is 1.56. The first kappa shape index (κ1) is 15.6. The maximum atomic E-state index is 12.7. The van der Waals surface area contributed by atoms with Crippen molar-refractivity contribution in [3.05, 3.63) is 34.9 Å². The first-order valence-corrected chi connectivity index (χ1v) is 7.28. The normalized spacial score (nSPS) is 15.2. The predicted molar refractivity (Wildman–Crippen MR) is 83.0 cm³/mol. The van der Waals surface area contributed by atoms with Crippen molar-refractivity contribution in [1.29, 1.82) is 0 Å². The number of hydrogen-bond donors (Lipinski definition) is 1. The van der Waals surface area contributed by atoms with Crippen LogP contribution in [0.2, 0.25) is 0 Å². The zero-order chi connectivity index (χ0) is 15.2. The molecule has 1 aromatic rings. The van der Waals surface area contributed by atoms with E-state index in [2.05, 4.69) is 11.8 Å². The van der Waals surface area contributed by atoms with Crippen LogP contribution in [0.1, 0.15) is 34.3 Å². The van der Waals surface area contributed by atoms with Gasteiger partial charge in [0.25, 0.3) is 5.91 Å². The number of carbonyl (C=O) groups excluding carboxylic acids is 1. The van der Waals surface area contributed by atoms with Crippen LogP contribution in [0.25, 0.3) is 0 Å². The topological polar surface area (TPSA) is 55.6 Å². The van der Waals surface area contributed by atoms with E-state index >= 15 is 0 Å². The van der Waals surface area contributed by atoms with Gasteiger partial charge in [-0.15, -0.1) is 0 Å². The van der Waals surface area contributed by atoms with Crippen molar-refractivity contribution in [3.63, 3.8) is 0 Å². The van der Waals surface area contributed by atoms with E-state index in [4.69, 9.17) is 10.5 Å². The lowest BCUT2D eigenvalue weighted by atomic mass is 10.0. The maximum Gasteiger partial charge on any atom is 0.255 e. The number of ether oxygens (including phenoxy) is 1. The molecule has 0 atom stereocenters. The fourth-order valence-electron chi connectivity index (χ4n) is 2.52. The van der Waals surface area contributed by atoms with E-state index in [0.29, 0.717) is 5.56 Å². The van der Waals surface area contributed by atoms with Crippen molar-refractivity contribution in [3.8, 4) is 11.8 Å². The minimum absolute atomic E-state index is 0.0169. The van der Waals surface area contributed by atoms with Gasteiger partial charge < -0.3 is 15.4 Å².